The molecule has 0 amide bonds. The molecule has 3 nitrogen and oxygen atoms in total. The van der Waals surface area contributed by atoms with Crippen LogP contribution in [0.1, 0.15) is 50.5 Å². The first-order valence-electron chi connectivity index (χ1n) is 9.53. The lowest BCUT2D eigenvalue weighted by atomic mass is 9.74. The van der Waals surface area contributed by atoms with Crippen molar-refractivity contribution in [1.29, 1.82) is 0 Å². The largest absolute Gasteiger partial charge is 0.469 e. The average molecular weight is 329 g/mol. The van der Waals surface area contributed by atoms with Crippen molar-refractivity contribution in [2.75, 3.05) is 25.6 Å². The fourth-order valence-corrected chi connectivity index (χ4v) is 4.76. The van der Waals surface area contributed by atoms with Gasteiger partial charge in [-0.2, -0.15) is 0 Å². The van der Waals surface area contributed by atoms with Crippen molar-refractivity contribution in [3.63, 3.8) is 0 Å². The lowest BCUT2D eigenvalue weighted by Gasteiger charge is -2.39. The zero-order valence-electron chi connectivity index (χ0n) is 15.2. The molecule has 0 aromatic heterocycles. The highest BCUT2D eigenvalue weighted by molar-refractivity contribution is 5.69. The van der Waals surface area contributed by atoms with Gasteiger partial charge in [-0.05, 0) is 42.2 Å². The van der Waals surface area contributed by atoms with Crippen molar-refractivity contribution in [3.8, 4) is 0 Å². The molecule has 1 aliphatic heterocycles. The zero-order valence-corrected chi connectivity index (χ0v) is 15.2. The molecule has 1 heterocycles. The second-order valence-electron chi connectivity index (χ2n) is 7.75. The Labute approximate surface area is 146 Å². The summed E-state index contributed by atoms with van der Waals surface area (Å²) in [4.78, 5) is 14.4. The number of hydrogen-bond donors (Lipinski definition) is 0. The first-order chi connectivity index (χ1) is 11.7. The van der Waals surface area contributed by atoms with E-state index in [1.807, 2.05) is 0 Å². The van der Waals surface area contributed by atoms with E-state index in [0.29, 0.717) is 18.3 Å². The van der Waals surface area contributed by atoms with Crippen molar-refractivity contribution in [2.24, 2.45) is 17.8 Å². The number of methoxy groups -OCH3 is 1. The van der Waals surface area contributed by atoms with E-state index in [1.54, 1.807) is 0 Å². The van der Waals surface area contributed by atoms with Crippen LogP contribution in [0.4, 0.5) is 5.69 Å². The van der Waals surface area contributed by atoms with Crippen LogP contribution >= 0.6 is 0 Å². The van der Waals surface area contributed by atoms with Gasteiger partial charge in [0.2, 0.25) is 0 Å². The highest BCUT2D eigenvalue weighted by atomic mass is 16.5. The van der Waals surface area contributed by atoms with Crippen molar-refractivity contribution < 1.29 is 9.53 Å². The maximum Gasteiger partial charge on any atom is 0.305 e. The lowest BCUT2D eigenvalue weighted by molar-refractivity contribution is -0.142. The Balaban J connectivity index is 1.73. The summed E-state index contributed by atoms with van der Waals surface area (Å²) in [5.41, 5.74) is 2.78. The van der Waals surface area contributed by atoms with Crippen LogP contribution in [0.25, 0.3) is 0 Å². The van der Waals surface area contributed by atoms with Gasteiger partial charge in [0.05, 0.1) is 7.11 Å². The van der Waals surface area contributed by atoms with Gasteiger partial charge in [-0.25, -0.2) is 0 Å². The van der Waals surface area contributed by atoms with Gasteiger partial charge in [-0.15, -0.1) is 0 Å². The van der Waals surface area contributed by atoms with Crippen LogP contribution in [0.15, 0.2) is 24.3 Å². The van der Waals surface area contributed by atoms with Crippen molar-refractivity contribution in [1.82, 2.24) is 0 Å². The van der Waals surface area contributed by atoms with Crippen LogP contribution in [0.3, 0.4) is 0 Å². The molecular formula is C21H31NO2. The summed E-state index contributed by atoms with van der Waals surface area (Å²) in [6, 6.07) is 8.70. The van der Waals surface area contributed by atoms with E-state index in [-0.39, 0.29) is 5.97 Å². The quantitative estimate of drug-likeness (QED) is 0.748. The second kappa shape index (κ2) is 8.04. The molecule has 0 saturated heterocycles. The van der Waals surface area contributed by atoms with E-state index in [0.717, 1.165) is 18.9 Å². The van der Waals surface area contributed by atoms with E-state index < -0.39 is 0 Å². The number of fused-ring (bicyclic) bond motifs is 1. The predicted octanol–water partition coefficient (Wildman–Crippen LogP) is 4.44. The summed E-state index contributed by atoms with van der Waals surface area (Å²) in [6.07, 6.45) is 9.66. The first kappa shape index (κ1) is 17.3. The van der Waals surface area contributed by atoms with Crippen LogP contribution in [0.5, 0.6) is 0 Å². The Morgan fingerprint density at radius 1 is 1.25 bits per heavy atom. The van der Waals surface area contributed by atoms with Crippen molar-refractivity contribution in [2.45, 2.75) is 51.4 Å². The fraction of sp³-hybridized carbons (Fsp3) is 0.667. The van der Waals surface area contributed by atoms with Crippen LogP contribution in [-0.2, 0) is 16.0 Å². The van der Waals surface area contributed by atoms with Gasteiger partial charge < -0.3 is 9.64 Å². The normalized spacial score (nSPS) is 22.8. The third kappa shape index (κ3) is 4.12. The number of ether oxygens (including phenoxy) is 1. The van der Waals surface area contributed by atoms with E-state index in [9.17, 15) is 4.79 Å². The molecule has 2 aliphatic rings. The highest BCUT2D eigenvalue weighted by Crippen LogP contribution is 2.38. The monoisotopic (exact) mass is 329 g/mol. The van der Waals surface area contributed by atoms with Gasteiger partial charge in [-0.1, -0.05) is 50.3 Å². The molecule has 3 rings (SSSR count). The SMILES string of the molecule is COC(=O)CC(CC1CCCCC1)C1Cc2ccccc2N(C)C1. The maximum absolute atomic E-state index is 12.0. The molecular weight excluding hydrogens is 298 g/mol. The number of para-hydroxylation sites is 1. The number of anilines is 1. The summed E-state index contributed by atoms with van der Waals surface area (Å²) in [5, 5.41) is 0. The van der Waals surface area contributed by atoms with Crippen molar-refractivity contribution in [3.05, 3.63) is 29.8 Å². The molecule has 1 aliphatic carbocycles. The number of esters is 1. The molecule has 1 fully saturated rings. The van der Waals surface area contributed by atoms with E-state index in [4.69, 9.17) is 4.74 Å². The summed E-state index contributed by atoms with van der Waals surface area (Å²) in [5.74, 6) is 1.75. The summed E-state index contributed by atoms with van der Waals surface area (Å²) >= 11 is 0. The Kier molecular flexibility index (Phi) is 5.80. The number of carbonyl (C=O) groups excluding carboxylic acids is 1. The number of rotatable bonds is 5. The number of nitrogens with zero attached hydrogens (tertiary/aromatic N) is 1. The molecule has 0 spiro atoms. The zero-order chi connectivity index (χ0) is 16.9. The molecule has 0 radical (unpaired) electrons. The molecule has 132 valence electrons. The smallest absolute Gasteiger partial charge is 0.305 e. The molecule has 3 heteroatoms. The minimum absolute atomic E-state index is 0.0441. The van der Waals surface area contributed by atoms with E-state index >= 15 is 0 Å². The fourth-order valence-electron chi connectivity index (χ4n) is 4.76. The van der Waals surface area contributed by atoms with E-state index in [1.165, 1.54) is 56.9 Å². The average Bonchev–Trinajstić information content (AvgIpc) is 2.62. The van der Waals surface area contributed by atoms with Crippen LogP contribution in [0, 0.1) is 17.8 Å². The van der Waals surface area contributed by atoms with Gasteiger partial charge in [0.15, 0.2) is 0 Å². The van der Waals surface area contributed by atoms with Crippen LogP contribution < -0.4 is 4.90 Å². The van der Waals surface area contributed by atoms with Gasteiger partial charge in [0, 0.05) is 25.7 Å². The Hall–Kier alpha value is -1.51. The molecule has 2 atom stereocenters. The summed E-state index contributed by atoms with van der Waals surface area (Å²) < 4.78 is 5.00. The summed E-state index contributed by atoms with van der Waals surface area (Å²) in [6.45, 7) is 1.05. The van der Waals surface area contributed by atoms with Gasteiger partial charge in [0.25, 0.3) is 0 Å². The summed E-state index contributed by atoms with van der Waals surface area (Å²) in [7, 11) is 3.70. The Morgan fingerprint density at radius 2 is 2.00 bits per heavy atom. The number of hydrogen-bond acceptors (Lipinski definition) is 3. The number of benzene rings is 1. The van der Waals surface area contributed by atoms with Gasteiger partial charge >= 0.3 is 5.97 Å². The van der Waals surface area contributed by atoms with Crippen molar-refractivity contribution >= 4 is 11.7 Å². The minimum Gasteiger partial charge on any atom is -0.469 e. The maximum atomic E-state index is 12.0. The molecule has 0 N–H and O–H groups in total. The third-order valence-corrected chi connectivity index (χ3v) is 6.08. The standard InChI is InChI=1S/C21H31NO2/c1-22-15-19(13-17-10-6-7-11-20(17)22)18(14-21(23)24-2)12-16-8-4-3-5-9-16/h6-7,10-11,16,18-19H,3-5,8-9,12-15H2,1-2H3. The molecule has 1 aromatic carbocycles. The second-order valence-corrected chi connectivity index (χ2v) is 7.75. The van der Waals surface area contributed by atoms with Gasteiger partial charge in [-0.3, -0.25) is 4.79 Å². The van der Waals surface area contributed by atoms with Gasteiger partial charge in [0.1, 0.15) is 0 Å². The Morgan fingerprint density at radius 3 is 2.75 bits per heavy atom. The molecule has 0 bridgehead atoms. The molecule has 1 aromatic rings. The number of carbonyl (C=O) groups is 1. The lowest BCUT2D eigenvalue weighted by Crippen LogP contribution is -2.37. The predicted molar refractivity (Wildman–Crippen MR) is 98.2 cm³/mol. The first-order valence-corrected chi connectivity index (χ1v) is 9.53. The highest BCUT2D eigenvalue weighted by Gasteiger charge is 2.32. The van der Waals surface area contributed by atoms with Crippen LogP contribution in [-0.4, -0.2) is 26.7 Å². The van der Waals surface area contributed by atoms with Crippen LogP contribution in [0.2, 0.25) is 0 Å². The Bertz CT molecular complexity index is 551. The third-order valence-electron chi connectivity index (χ3n) is 6.08. The topological polar surface area (TPSA) is 29.5 Å². The molecule has 2 unspecified atom stereocenters. The molecule has 24 heavy (non-hydrogen) atoms. The molecule has 1 saturated carbocycles. The minimum atomic E-state index is -0.0441. The van der Waals surface area contributed by atoms with E-state index in [2.05, 4.69) is 36.2 Å².